The second kappa shape index (κ2) is 8.32. The van der Waals surface area contributed by atoms with Gasteiger partial charge in [0, 0.05) is 0 Å². The molecule has 6 aromatic rings. The predicted molar refractivity (Wildman–Crippen MR) is 150 cm³/mol. The fourth-order valence-electron chi connectivity index (χ4n) is 4.90. The summed E-state index contributed by atoms with van der Waals surface area (Å²) in [5.41, 5.74) is 7.47. The van der Waals surface area contributed by atoms with Crippen LogP contribution in [0.4, 0.5) is 0 Å². The molecule has 0 aromatic heterocycles. The van der Waals surface area contributed by atoms with Crippen LogP contribution in [-0.2, 0) is 0 Å². The summed E-state index contributed by atoms with van der Waals surface area (Å²) in [5, 5.41) is 7.89. The molecule has 0 bridgehead atoms. The Bertz CT molecular complexity index is 1660. The molecule has 6 rings (SSSR count). The minimum absolute atomic E-state index is 1.21. The molecule has 0 saturated carbocycles. The lowest BCUT2D eigenvalue weighted by Crippen LogP contribution is -1.90. The molecule has 0 radical (unpaired) electrons. The van der Waals surface area contributed by atoms with Crippen LogP contribution >= 0.6 is 0 Å². The zero-order chi connectivity index (χ0) is 23.1. The van der Waals surface area contributed by atoms with Gasteiger partial charge >= 0.3 is 0 Å². The number of benzene rings is 6. The largest absolute Gasteiger partial charge is 0.0610 e. The van der Waals surface area contributed by atoms with Gasteiger partial charge in [-0.05, 0) is 74.5 Å². The van der Waals surface area contributed by atoms with Crippen LogP contribution in [0.5, 0.6) is 0 Å². The highest BCUT2D eigenvalue weighted by Crippen LogP contribution is 2.38. The molecule has 0 heterocycles. The van der Waals surface area contributed by atoms with E-state index in [1.807, 2.05) is 0 Å². The first-order chi connectivity index (χ1) is 16.7. The monoisotopic (exact) mass is 434 g/mol. The van der Waals surface area contributed by atoms with Crippen LogP contribution in [0.15, 0.2) is 97.1 Å². The van der Waals surface area contributed by atoms with E-state index in [1.54, 1.807) is 0 Å². The molecule has 0 nitrogen and oxygen atoms in total. The normalized spacial score (nSPS) is 12.2. The third kappa shape index (κ3) is 3.68. The first kappa shape index (κ1) is 20.4. The highest BCUT2D eigenvalue weighted by atomic mass is 14.2. The minimum Gasteiger partial charge on any atom is -0.0610 e. The summed E-state index contributed by atoms with van der Waals surface area (Å²) in [5.74, 6) is 0. The molecule has 34 heavy (non-hydrogen) atoms. The Kier molecular flexibility index (Phi) is 5.00. The van der Waals surface area contributed by atoms with Crippen molar-refractivity contribution in [2.45, 2.75) is 13.8 Å². The molecule has 0 unspecified atom stereocenters. The quantitative estimate of drug-likeness (QED) is 0.191. The van der Waals surface area contributed by atoms with E-state index in [2.05, 4.69) is 135 Å². The number of hydrogen-bond acceptors (Lipinski definition) is 0. The average molecular weight is 435 g/mol. The Labute approximate surface area is 200 Å². The minimum atomic E-state index is 1.21. The number of rotatable bonds is 4. The van der Waals surface area contributed by atoms with Crippen LogP contribution in [0.2, 0.25) is 0 Å². The van der Waals surface area contributed by atoms with E-state index in [1.165, 1.54) is 65.7 Å². The maximum atomic E-state index is 2.34. The Morgan fingerprint density at radius 2 is 1.03 bits per heavy atom. The Morgan fingerprint density at radius 3 is 1.68 bits per heavy atom. The standard InChI is InChI=1S/C34H26/c1-23-6-10-25(11-7-23)14-16-29-22-30-18-17-27-4-3-5-28-19-21-32(34(30)33(27)28)31(29)20-15-26-12-8-24(2)9-13-26/h3-22H,1-2H3. The smallest absolute Gasteiger partial charge is 0.00204 e. The molecule has 0 fully saturated rings. The molecule has 0 amide bonds. The predicted octanol–water partition coefficient (Wildman–Crippen LogP) is 9.54. The second-order valence-electron chi connectivity index (χ2n) is 9.22. The lowest BCUT2D eigenvalue weighted by atomic mass is 9.89. The molecule has 162 valence electrons. The van der Waals surface area contributed by atoms with Crippen molar-refractivity contribution in [1.82, 2.24) is 0 Å². The van der Waals surface area contributed by atoms with Gasteiger partial charge in [-0.2, -0.15) is 0 Å². The molecule has 0 spiro atoms. The van der Waals surface area contributed by atoms with Crippen LogP contribution in [0.1, 0.15) is 33.4 Å². The van der Waals surface area contributed by atoms with E-state index < -0.39 is 0 Å². The summed E-state index contributed by atoms with van der Waals surface area (Å²) in [4.78, 5) is 0. The van der Waals surface area contributed by atoms with Crippen LogP contribution < -0.4 is 0 Å². The van der Waals surface area contributed by atoms with E-state index in [9.17, 15) is 0 Å². The van der Waals surface area contributed by atoms with Crippen molar-refractivity contribution in [3.8, 4) is 0 Å². The third-order valence-electron chi connectivity index (χ3n) is 6.77. The van der Waals surface area contributed by atoms with Crippen LogP contribution in [0, 0.1) is 13.8 Å². The summed E-state index contributed by atoms with van der Waals surface area (Å²) in [6, 6.07) is 35.4. The van der Waals surface area contributed by atoms with Gasteiger partial charge in [0.15, 0.2) is 0 Å². The highest BCUT2D eigenvalue weighted by Gasteiger charge is 2.12. The molecule has 0 N–H and O–H groups in total. The topological polar surface area (TPSA) is 0 Å². The highest BCUT2D eigenvalue weighted by molar-refractivity contribution is 6.25. The van der Waals surface area contributed by atoms with E-state index in [4.69, 9.17) is 0 Å². The van der Waals surface area contributed by atoms with Gasteiger partial charge in [0.2, 0.25) is 0 Å². The van der Waals surface area contributed by atoms with E-state index in [0.29, 0.717) is 0 Å². The molecule has 0 atom stereocenters. The van der Waals surface area contributed by atoms with Crippen molar-refractivity contribution in [3.05, 3.63) is 130 Å². The summed E-state index contributed by atoms with van der Waals surface area (Å²) < 4.78 is 0. The lowest BCUT2D eigenvalue weighted by Gasteiger charge is -2.15. The maximum Gasteiger partial charge on any atom is -0.00204 e. The molecule has 0 heteroatoms. The van der Waals surface area contributed by atoms with Gasteiger partial charge in [-0.3, -0.25) is 0 Å². The van der Waals surface area contributed by atoms with Crippen molar-refractivity contribution < 1.29 is 0 Å². The molecule has 0 aliphatic rings. The molecule has 0 aliphatic heterocycles. The first-order valence-corrected chi connectivity index (χ1v) is 11.9. The summed E-state index contributed by atoms with van der Waals surface area (Å²) in [7, 11) is 0. The van der Waals surface area contributed by atoms with Gasteiger partial charge in [0.1, 0.15) is 0 Å². The Balaban J connectivity index is 1.58. The molecular formula is C34H26. The summed E-state index contributed by atoms with van der Waals surface area (Å²) in [6.45, 7) is 4.25. The Morgan fingerprint density at radius 1 is 0.471 bits per heavy atom. The zero-order valence-electron chi connectivity index (χ0n) is 19.5. The molecular weight excluding hydrogens is 408 g/mol. The van der Waals surface area contributed by atoms with Crippen molar-refractivity contribution in [3.63, 3.8) is 0 Å². The van der Waals surface area contributed by atoms with E-state index >= 15 is 0 Å². The Hall–Kier alpha value is -4.16. The average Bonchev–Trinajstić information content (AvgIpc) is 2.87. The first-order valence-electron chi connectivity index (χ1n) is 11.9. The fourth-order valence-corrected chi connectivity index (χ4v) is 4.90. The van der Waals surface area contributed by atoms with Crippen molar-refractivity contribution in [1.29, 1.82) is 0 Å². The number of aryl methyl sites for hydroxylation is 2. The summed E-state index contributed by atoms with van der Waals surface area (Å²) in [6.07, 6.45) is 8.99. The van der Waals surface area contributed by atoms with Gasteiger partial charge in [0.25, 0.3) is 0 Å². The molecule has 0 aliphatic carbocycles. The zero-order valence-corrected chi connectivity index (χ0v) is 19.5. The van der Waals surface area contributed by atoms with E-state index in [-0.39, 0.29) is 0 Å². The lowest BCUT2D eigenvalue weighted by molar-refractivity contribution is 1.46. The van der Waals surface area contributed by atoms with Gasteiger partial charge in [-0.15, -0.1) is 0 Å². The maximum absolute atomic E-state index is 2.34. The molecule has 0 saturated heterocycles. The van der Waals surface area contributed by atoms with E-state index in [0.717, 1.165) is 0 Å². The van der Waals surface area contributed by atoms with Gasteiger partial charge < -0.3 is 0 Å². The van der Waals surface area contributed by atoms with Crippen LogP contribution in [-0.4, -0.2) is 0 Å². The fraction of sp³-hybridized carbons (Fsp3) is 0.0588. The van der Waals surface area contributed by atoms with Crippen molar-refractivity contribution in [2.75, 3.05) is 0 Å². The second-order valence-corrected chi connectivity index (χ2v) is 9.22. The third-order valence-corrected chi connectivity index (χ3v) is 6.77. The SMILES string of the molecule is Cc1ccc(C=Cc2cc3ccc4cccc5ccc(c2C=Cc2ccc(C)cc2)c3c45)cc1. The summed E-state index contributed by atoms with van der Waals surface area (Å²) >= 11 is 0. The molecule has 6 aromatic carbocycles. The van der Waals surface area contributed by atoms with Crippen molar-refractivity contribution in [2.24, 2.45) is 0 Å². The van der Waals surface area contributed by atoms with Gasteiger partial charge in [0.05, 0.1) is 0 Å². The van der Waals surface area contributed by atoms with Crippen LogP contribution in [0.3, 0.4) is 0 Å². The van der Waals surface area contributed by atoms with Gasteiger partial charge in [-0.25, -0.2) is 0 Å². The van der Waals surface area contributed by atoms with Gasteiger partial charge in [-0.1, -0.05) is 126 Å². The number of hydrogen-bond donors (Lipinski definition) is 0. The van der Waals surface area contributed by atoms with Crippen LogP contribution in [0.25, 0.3) is 56.6 Å². The van der Waals surface area contributed by atoms with Crippen molar-refractivity contribution >= 4 is 56.6 Å².